The summed E-state index contributed by atoms with van der Waals surface area (Å²) in [5.41, 5.74) is 12.0. The van der Waals surface area contributed by atoms with E-state index in [1.165, 1.54) is 92.7 Å². The Morgan fingerprint density at radius 1 is 0.478 bits per heavy atom. The van der Waals surface area contributed by atoms with Crippen molar-refractivity contribution in [1.82, 2.24) is 9.88 Å². The molecule has 0 saturated carbocycles. The van der Waals surface area contributed by atoms with E-state index in [1.807, 2.05) is 0 Å². The predicted octanol–water partition coefficient (Wildman–Crippen LogP) is 17.4. The molecule has 1 saturated heterocycles. The van der Waals surface area contributed by atoms with Crippen LogP contribution in [0.25, 0.3) is 92.9 Å². The first-order chi connectivity index (χ1) is 33.1. The Balaban J connectivity index is 1.03. The highest BCUT2D eigenvalue weighted by molar-refractivity contribution is 6.14. The largest absolute Gasteiger partial charge is 0.456 e. The van der Waals surface area contributed by atoms with E-state index in [0.29, 0.717) is 5.92 Å². The topological polar surface area (TPSA) is 30.1 Å². The summed E-state index contributed by atoms with van der Waals surface area (Å²) in [4.78, 5) is 0. The average Bonchev–Trinajstić information content (AvgIpc) is 3.92. The molecule has 0 bridgehead atoms. The lowest BCUT2D eigenvalue weighted by molar-refractivity contribution is 0.197. The van der Waals surface area contributed by atoms with E-state index in [4.69, 9.17) is 4.42 Å². The summed E-state index contributed by atoms with van der Waals surface area (Å²) >= 11 is 0. The lowest BCUT2D eigenvalue weighted by Gasteiger charge is -2.42. The Hall–Kier alpha value is -7.46. The highest BCUT2D eigenvalue weighted by atomic mass is 16.3. The molecule has 1 fully saturated rings. The van der Waals surface area contributed by atoms with Gasteiger partial charge in [-0.05, 0) is 127 Å². The van der Waals surface area contributed by atoms with Crippen LogP contribution >= 0.6 is 0 Å². The number of fused-ring (bicyclic) bond motifs is 10. The van der Waals surface area contributed by atoms with E-state index in [0.717, 1.165) is 36.1 Å². The molecule has 0 radical (unpaired) electrons. The van der Waals surface area contributed by atoms with Crippen LogP contribution < -0.4 is 5.32 Å². The second-order valence-electron chi connectivity index (χ2n) is 19.2. The quantitative estimate of drug-likeness (QED) is 0.169. The Labute approximate surface area is 391 Å². The second-order valence-corrected chi connectivity index (χ2v) is 19.2. The first-order valence-electron chi connectivity index (χ1n) is 24.3. The Morgan fingerprint density at radius 2 is 1.12 bits per heavy atom. The van der Waals surface area contributed by atoms with E-state index in [-0.39, 0.29) is 23.9 Å². The normalized spacial score (nSPS) is 19.2. The van der Waals surface area contributed by atoms with Gasteiger partial charge in [0.15, 0.2) is 0 Å². The van der Waals surface area contributed by atoms with Crippen molar-refractivity contribution in [3.8, 4) is 16.8 Å². The number of furan rings is 1. The molecular weight excluding hydrogens is 813 g/mol. The fraction of sp³-hybridized carbons (Fsp3) is 0.156. The summed E-state index contributed by atoms with van der Waals surface area (Å²) in [6, 6.07) is 76.9. The maximum absolute atomic E-state index is 6.95. The fourth-order valence-electron chi connectivity index (χ4n) is 12.3. The smallest absolute Gasteiger partial charge is 0.137 e. The van der Waals surface area contributed by atoms with Crippen molar-refractivity contribution in [1.29, 1.82) is 0 Å². The number of nitrogens with zero attached hydrogens (tertiary/aromatic N) is 1. The summed E-state index contributed by atoms with van der Waals surface area (Å²) in [5, 5.41) is 17.2. The highest BCUT2D eigenvalue weighted by Crippen LogP contribution is 2.50. The van der Waals surface area contributed by atoms with Gasteiger partial charge >= 0.3 is 0 Å². The van der Waals surface area contributed by atoms with E-state index < -0.39 is 0 Å². The first kappa shape index (κ1) is 39.9. The summed E-state index contributed by atoms with van der Waals surface area (Å²) in [7, 11) is 0. The summed E-state index contributed by atoms with van der Waals surface area (Å²) < 4.78 is 9.45. The van der Waals surface area contributed by atoms with Gasteiger partial charge in [-0.25, -0.2) is 0 Å². The number of benzene rings is 10. The summed E-state index contributed by atoms with van der Waals surface area (Å²) in [5.74, 6) is 0.838. The van der Waals surface area contributed by atoms with Crippen molar-refractivity contribution in [3.05, 3.63) is 223 Å². The van der Waals surface area contributed by atoms with E-state index in [9.17, 15) is 0 Å². The highest BCUT2D eigenvalue weighted by Gasteiger charge is 2.38. The SMILES string of the molecule is CC[C@H]1C(c2cc(-n3c4ccccc4c4cc5ccccc5cc43)cc3oc4ccccc4c23)CCC(C)C(c2cc3ccccc3c3ccccc23)NC1c1ccc(-c2ccccc2)cc1. The summed E-state index contributed by atoms with van der Waals surface area (Å²) in [6.07, 6.45) is 3.13. The molecule has 0 spiro atoms. The van der Waals surface area contributed by atoms with Gasteiger partial charge in [-0.3, -0.25) is 0 Å². The van der Waals surface area contributed by atoms with Gasteiger partial charge in [0.2, 0.25) is 0 Å². The minimum atomic E-state index is 0.0641. The second kappa shape index (κ2) is 16.2. The molecule has 0 aliphatic carbocycles. The van der Waals surface area contributed by atoms with Crippen molar-refractivity contribution in [2.75, 3.05) is 0 Å². The number of rotatable bonds is 6. The van der Waals surface area contributed by atoms with E-state index >= 15 is 0 Å². The Kier molecular flexibility index (Phi) is 9.61. The zero-order valence-electron chi connectivity index (χ0n) is 38.0. The molecule has 1 N–H and O–H groups in total. The van der Waals surface area contributed by atoms with Crippen LogP contribution in [-0.4, -0.2) is 4.57 Å². The zero-order chi connectivity index (χ0) is 44.6. The molecule has 5 atom stereocenters. The maximum Gasteiger partial charge on any atom is 0.137 e. The van der Waals surface area contributed by atoms with Crippen LogP contribution in [0, 0.1) is 11.8 Å². The third kappa shape index (κ3) is 6.59. The molecule has 67 heavy (non-hydrogen) atoms. The zero-order valence-corrected chi connectivity index (χ0v) is 38.0. The first-order valence-corrected chi connectivity index (χ1v) is 24.3. The van der Waals surface area contributed by atoms with Crippen LogP contribution in [0.1, 0.15) is 67.8 Å². The lowest BCUT2D eigenvalue weighted by Crippen LogP contribution is -2.39. The fourth-order valence-corrected chi connectivity index (χ4v) is 12.3. The minimum absolute atomic E-state index is 0.0641. The molecule has 12 aromatic rings. The van der Waals surface area contributed by atoms with Crippen molar-refractivity contribution in [2.45, 2.75) is 51.1 Å². The average molecular weight is 865 g/mol. The molecule has 324 valence electrons. The molecule has 10 aromatic carbocycles. The molecule has 13 rings (SSSR count). The minimum Gasteiger partial charge on any atom is -0.456 e. The van der Waals surface area contributed by atoms with E-state index in [1.54, 1.807) is 0 Å². The molecule has 1 aliphatic rings. The van der Waals surface area contributed by atoms with Gasteiger partial charge in [-0.2, -0.15) is 0 Å². The van der Waals surface area contributed by atoms with Gasteiger partial charge in [0, 0.05) is 39.7 Å². The van der Waals surface area contributed by atoms with Crippen molar-refractivity contribution in [2.24, 2.45) is 11.8 Å². The molecule has 3 nitrogen and oxygen atoms in total. The Morgan fingerprint density at radius 3 is 1.91 bits per heavy atom. The van der Waals surface area contributed by atoms with Crippen molar-refractivity contribution in [3.63, 3.8) is 0 Å². The van der Waals surface area contributed by atoms with E-state index in [2.05, 4.69) is 230 Å². The predicted molar refractivity (Wildman–Crippen MR) is 282 cm³/mol. The van der Waals surface area contributed by atoms with Gasteiger partial charge < -0.3 is 14.3 Å². The number of hydrogen-bond donors (Lipinski definition) is 1. The van der Waals surface area contributed by atoms with Gasteiger partial charge in [0.05, 0.1) is 16.7 Å². The molecule has 0 amide bonds. The lowest BCUT2D eigenvalue weighted by atomic mass is 9.70. The molecule has 4 unspecified atom stereocenters. The van der Waals surface area contributed by atoms with Crippen LogP contribution in [0.5, 0.6) is 0 Å². The number of hydrogen-bond acceptors (Lipinski definition) is 2. The molecule has 3 heteroatoms. The van der Waals surface area contributed by atoms with Crippen molar-refractivity contribution < 1.29 is 4.42 Å². The van der Waals surface area contributed by atoms with Crippen LogP contribution in [0.2, 0.25) is 0 Å². The van der Waals surface area contributed by atoms with Crippen LogP contribution in [0.4, 0.5) is 0 Å². The van der Waals surface area contributed by atoms with Gasteiger partial charge in [-0.1, -0.05) is 184 Å². The number of aromatic nitrogens is 1. The van der Waals surface area contributed by atoms with Crippen LogP contribution in [0.3, 0.4) is 0 Å². The third-order valence-corrected chi connectivity index (χ3v) is 15.5. The molecule has 3 heterocycles. The van der Waals surface area contributed by atoms with Gasteiger partial charge in [-0.15, -0.1) is 0 Å². The van der Waals surface area contributed by atoms with Crippen LogP contribution in [-0.2, 0) is 0 Å². The molecule has 2 aromatic heterocycles. The van der Waals surface area contributed by atoms with Crippen LogP contribution in [0.15, 0.2) is 211 Å². The number of para-hydroxylation sites is 2. The van der Waals surface area contributed by atoms with Gasteiger partial charge in [0.25, 0.3) is 0 Å². The summed E-state index contributed by atoms with van der Waals surface area (Å²) in [6.45, 7) is 4.91. The molecule has 1 aliphatic heterocycles. The Bertz CT molecular complexity index is 3820. The maximum atomic E-state index is 6.95. The third-order valence-electron chi connectivity index (χ3n) is 15.5. The van der Waals surface area contributed by atoms with Crippen molar-refractivity contribution >= 4 is 76.1 Å². The molecular formula is C64H52N2O. The number of nitrogens with one attached hydrogen (secondary N) is 1. The van der Waals surface area contributed by atoms with Gasteiger partial charge in [0.1, 0.15) is 11.2 Å². The standard InChI is InChI=1S/C64H52N2O/c1-3-48-52(56-38-47(39-61-62(56)54-26-14-16-28-60(54)67-61)66-58-27-15-13-25-53(58)55-35-44-19-7-8-20-45(44)37-59(55)66)34-29-40(2)63(57-36-46-21-9-10-22-49(46)50-23-11-12-24-51(50)57)65-64(48)43-32-30-42(31-33-43)41-17-5-4-6-18-41/h4-28,30-33,35-40,48,52,63-65H,3,29,34H2,1-2H3/t40?,48-,52?,63?,64?/m0/s1. The monoisotopic (exact) mass is 864 g/mol.